The Morgan fingerprint density at radius 2 is 1.93 bits per heavy atom. The maximum absolute atomic E-state index is 12.6. The van der Waals surface area contributed by atoms with Crippen LogP contribution in [0.15, 0.2) is 58.4 Å². The molecule has 1 amide bonds. The van der Waals surface area contributed by atoms with E-state index in [1.54, 1.807) is 6.92 Å². The predicted molar refractivity (Wildman–Crippen MR) is 118 cm³/mol. The Kier molecular flexibility index (Phi) is 6.51. The number of benzene rings is 2. The van der Waals surface area contributed by atoms with E-state index in [1.165, 1.54) is 10.9 Å². The topological polar surface area (TPSA) is 88.5 Å². The second kappa shape index (κ2) is 9.26. The molecule has 0 atom stereocenters. The molecule has 0 unspecified atom stereocenters. The van der Waals surface area contributed by atoms with Crippen LogP contribution in [0, 0.1) is 13.8 Å². The molecule has 2 N–H and O–H groups in total. The number of para-hydroxylation sites is 1. The van der Waals surface area contributed by atoms with Crippen molar-refractivity contribution in [1.29, 1.82) is 0 Å². The standard InChI is InChI=1S/C23H26N4O3/c1-15(2)19-11-10-16(3)12-21(19)30-14-22(28)25-24-13-20-17(4)26-27(23(20)29)18-8-6-5-7-9-18/h5-13,15,26H,14H2,1-4H3,(H,25,28)/b24-13-. The number of carbonyl (C=O) groups excluding carboxylic acids is 1. The van der Waals surface area contributed by atoms with Gasteiger partial charge in [-0.1, -0.05) is 44.2 Å². The summed E-state index contributed by atoms with van der Waals surface area (Å²) in [6, 6.07) is 15.2. The SMILES string of the molecule is Cc1ccc(C(C)C)c(OCC(=O)N/N=C\c2c(C)[nH]n(-c3ccccc3)c2=O)c1. The lowest BCUT2D eigenvalue weighted by Crippen LogP contribution is -2.25. The summed E-state index contributed by atoms with van der Waals surface area (Å²) < 4.78 is 7.13. The van der Waals surface area contributed by atoms with Crippen molar-refractivity contribution in [3.05, 3.63) is 81.3 Å². The first-order valence-electron chi connectivity index (χ1n) is 9.79. The highest BCUT2D eigenvalue weighted by Gasteiger charge is 2.12. The van der Waals surface area contributed by atoms with E-state index in [9.17, 15) is 9.59 Å². The zero-order valence-electron chi connectivity index (χ0n) is 17.6. The average molecular weight is 406 g/mol. The van der Waals surface area contributed by atoms with Crippen LogP contribution in [-0.4, -0.2) is 28.5 Å². The molecule has 0 aliphatic heterocycles. The molecule has 156 valence electrons. The highest BCUT2D eigenvalue weighted by atomic mass is 16.5. The van der Waals surface area contributed by atoms with Crippen molar-refractivity contribution in [1.82, 2.24) is 15.2 Å². The summed E-state index contributed by atoms with van der Waals surface area (Å²) in [5.41, 5.74) is 6.03. The van der Waals surface area contributed by atoms with Crippen molar-refractivity contribution >= 4 is 12.1 Å². The summed E-state index contributed by atoms with van der Waals surface area (Å²) in [6.07, 6.45) is 1.34. The molecule has 3 rings (SSSR count). The normalized spacial score (nSPS) is 11.2. The first-order chi connectivity index (χ1) is 14.4. The number of aromatic nitrogens is 2. The van der Waals surface area contributed by atoms with Gasteiger partial charge in [0.2, 0.25) is 0 Å². The third-order valence-electron chi connectivity index (χ3n) is 4.66. The lowest BCUT2D eigenvalue weighted by atomic mass is 10.0. The monoisotopic (exact) mass is 406 g/mol. The predicted octanol–water partition coefficient (Wildman–Crippen LogP) is 3.43. The number of rotatable bonds is 7. The van der Waals surface area contributed by atoms with Crippen molar-refractivity contribution in [3.63, 3.8) is 0 Å². The van der Waals surface area contributed by atoms with E-state index in [0.717, 1.165) is 16.8 Å². The van der Waals surface area contributed by atoms with Crippen LogP contribution < -0.4 is 15.7 Å². The molecule has 0 saturated heterocycles. The third-order valence-corrected chi connectivity index (χ3v) is 4.66. The molecule has 0 aliphatic rings. The van der Waals surface area contributed by atoms with Gasteiger partial charge in [0.15, 0.2) is 6.61 Å². The van der Waals surface area contributed by atoms with Gasteiger partial charge in [0, 0.05) is 5.69 Å². The van der Waals surface area contributed by atoms with E-state index in [0.29, 0.717) is 17.0 Å². The van der Waals surface area contributed by atoms with E-state index in [-0.39, 0.29) is 18.1 Å². The Morgan fingerprint density at radius 1 is 1.20 bits per heavy atom. The first-order valence-corrected chi connectivity index (χ1v) is 9.79. The second-order valence-corrected chi connectivity index (χ2v) is 7.40. The molecule has 7 nitrogen and oxygen atoms in total. The van der Waals surface area contributed by atoms with Gasteiger partial charge >= 0.3 is 0 Å². The van der Waals surface area contributed by atoms with Gasteiger partial charge in [-0.3, -0.25) is 14.7 Å². The number of aromatic amines is 1. The third kappa shape index (κ3) is 4.86. The number of hydrogen-bond acceptors (Lipinski definition) is 4. The fraction of sp³-hybridized carbons (Fsp3) is 0.261. The van der Waals surface area contributed by atoms with E-state index >= 15 is 0 Å². The second-order valence-electron chi connectivity index (χ2n) is 7.40. The van der Waals surface area contributed by atoms with Crippen LogP contribution in [0.25, 0.3) is 5.69 Å². The molecule has 0 fully saturated rings. The van der Waals surface area contributed by atoms with Crippen LogP contribution in [-0.2, 0) is 4.79 Å². The highest BCUT2D eigenvalue weighted by molar-refractivity contribution is 5.83. The van der Waals surface area contributed by atoms with Gasteiger partial charge in [0.05, 0.1) is 17.5 Å². The van der Waals surface area contributed by atoms with E-state index in [4.69, 9.17) is 4.74 Å². The smallest absolute Gasteiger partial charge is 0.280 e. The molecule has 0 radical (unpaired) electrons. The molecule has 0 saturated carbocycles. The zero-order chi connectivity index (χ0) is 21.7. The van der Waals surface area contributed by atoms with Gasteiger partial charge in [0.1, 0.15) is 5.75 Å². The Bertz CT molecular complexity index is 1110. The summed E-state index contributed by atoms with van der Waals surface area (Å²) in [7, 11) is 0. The van der Waals surface area contributed by atoms with Crippen LogP contribution in [0.5, 0.6) is 5.75 Å². The van der Waals surface area contributed by atoms with Gasteiger partial charge in [0.25, 0.3) is 11.5 Å². The number of H-pyrrole nitrogens is 1. The van der Waals surface area contributed by atoms with E-state index in [1.807, 2.05) is 55.5 Å². The Morgan fingerprint density at radius 3 is 2.63 bits per heavy atom. The molecule has 7 heteroatoms. The van der Waals surface area contributed by atoms with Crippen LogP contribution in [0.3, 0.4) is 0 Å². The minimum absolute atomic E-state index is 0.166. The van der Waals surface area contributed by atoms with Crippen LogP contribution in [0.2, 0.25) is 0 Å². The Balaban J connectivity index is 1.64. The first kappa shape index (κ1) is 21.1. The maximum Gasteiger partial charge on any atom is 0.280 e. The number of hydrazone groups is 1. The summed E-state index contributed by atoms with van der Waals surface area (Å²) in [5, 5.41) is 6.93. The van der Waals surface area contributed by atoms with Gasteiger partial charge in [-0.15, -0.1) is 0 Å². The molecule has 2 aromatic carbocycles. The zero-order valence-corrected chi connectivity index (χ0v) is 17.6. The molecule has 0 aliphatic carbocycles. The van der Waals surface area contributed by atoms with Crippen molar-refractivity contribution in [2.45, 2.75) is 33.6 Å². The van der Waals surface area contributed by atoms with Gasteiger partial charge < -0.3 is 4.74 Å². The van der Waals surface area contributed by atoms with Crippen LogP contribution >= 0.6 is 0 Å². The van der Waals surface area contributed by atoms with E-state index < -0.39 is 5.91 Å². The van der Waals surface area contributed by atoms with Crippen molar-refractivity contribution in [2.24, 2.45) is 5.10 Å². The molecular formula is C23H26N4O3. The quantitative estimate of drug-likeness (QED) is 0.465. The summed E-state index contributed by atoms with van der Waals surface area (Å²) in [6.45, 7) is 7.73. The van der Waals surface area contributed by atoms with E-state index in [2.05, 4.69) is 29.5 Å². The van der Waals surface area contributed by atoms with Crippen molar-refractivity contribution in [3.8, 4) is 11.4 Å². The van der Waals surface area contributed by atoms with Crippen molar-refractivity contribution < 1.29 is 9.53 Å². The molecule has 3 aromatic rings. The average Bonchev–Trinajstić information content (AvgIpc) is 3.01. The molecule has 1 heterocycles. The number of nitrogens with zero attached hydrogens (tertiary/aromatic N) is 2. The number of carbonyl (C=O) groups is 1. The van der Waals surface area contributed by atoms with Crippen LogP contribution in [0.4, 0.5) is 0 Å². The highest BCUT2D eigenvalue weighted by Crippen LogP contribution is 2.27. The molecule has 0 bridgehead atoms. The summed E-state index contributed by atoms with van der Waals surface area (Å²) >= 11 is 0. The molecular weight excluding hydrogens is 380 g/mol. The largest absolute Gasteiger partial charge is 0.483 e. The van der Waals surface area contributed by atoms with Crippen LogP contribution in [0.1, 0.15) is 42.1 Å². The number of amides is 1. The molecule has 1 aromatic heterocycles. The molecule has 30 heavy (non-hydrogen) atoms. The lowest BCUT2D eigenvalue weighted by Gasteiger charge is -2.14. The fourth-order valence-electron chi connectivity index (χ4n) is 3.06. The summed E-state index contributed by atoms with van der Waals surface area (Å²) in [5.74, 6) is 0.570. The Labute approximate surface area is 175 Å². The van der Waals surface area contributed by atoms with Crippen molar-refractivity contribution in [2.75, 3.05) is 6.61 Å². The minimum atomic E-state index is -0.404. The summed E-state index contributed by atoms with van der Waals surface area (Å²) in [4.78, 5) is 24.7. The fourth-order valence-corrected chi connectivity index (χ4v) is 3.06. The number of nitrogens with one attached hydrogen (secondary N) is 2. The number of aryl methyl sites for hydroxylation is 2. The minimum Gasteiger partial charge on any atom is -0.483 e. The van der Waals surface area contributed by atoms with Gasteiger partial charge in [-0.05, 0) is 49.1 Å². The maximum atomic E-state index is 12.6. The number of ether oxygens (including phenoxy) is 1. The lowest BCUT2D eigenvalue weighted by molar-refractivity contribution is -0.123. The van der Waals surface area contributed by atoms with Gasteiger partial charge in [-0.2, -0.15) is 5.10 Å². The Hall–Kier alpha value is -3.61. The van der Waals surface area contributed by atoms with Gasteiger partial charge in [-0.25, -0.2) is 10.1 Å². The number of hydrogen-bond donors (Lipinski definition) is 2. The molecule has 0 spiro atoms.